The lowest BCUT2D eigenvalue weighted by Crippen LogP contribution is -2.57. The third-order valence-corrected chi connectivity index (χ3v) is 6.14. The van der Waals surface area contributed by atoms with E-state index in [-0.39, 0.29) is 17.9 Å². The number of tetrazole rings is 1. The lowest BCUT2D eigenvalue weighted by atomic mass is 10.2. The first-order chi connectivity index (χ1) is 16.6. The van der Waals surface area contributed by atoms with Crippen molar-refractivity contribution in [2.75, 3.05) is 24.3 Å². The first-order valence-electron chi connectivity index (χ1n) is 10.7. The van der Waals surface area contributed by atoms with Crippen molar-refractivity contribution in [3.8, 4) is 17.2 Å². The molecule has 0 spiro atoms. The van der Waals surface area contributed by atoms with Crippen molar-refractivity contribution in [3.63, 3.8) is 0 Å². The van der Waals surface area contributed by atoms with Crippen LogP contribution in [0.2, 0.25) is 0 Å². The van der Waals surface area contributed by atoms with Crippen molar-refractivity contribution in [1.29, 1.82) is 0 Å². The number of carbonyl (C=O) groups excluding carboxylic acids is 1. The van der Waals surface area contributed by atoms with E-state index in [1.165, 1.54) is 11.8 Å². The third-order valence-electron chi connectivity index (χ3n) is 5.06. The van der Waals surface area contributed by atoms with Gasteiger partial charge in [-0.3, -0.25) is 10.1 Å². The number of anilines is 1. The van der Waals surface area contributed by atoms with Crippen LogP contribution in [0, 0.1) is 0 Å². The van der Waals surface area contributed by atoms with Gasteiger partial charge in [0.1, 0.15) is 13.2 Å². The molecule has 1 aromatic heterocycles. The van der Waals surface area contributed by atoms with Gasteiger partial charge in [-0.15, -0.1) is 5.10 Å². The number of para-hydroxylation sites is 1. The summed E-state index contributed by atoms with van der Waals surface area (Å²) in [6, 6.07) is 14.9. The number of nitrogens with one attached hydrogen (secondary N) is 3. The fourth-order valence-electron chi connectivity index (χ4n) is 3.55. The van der Waals surface area contributed by atoms with Crippen molar-refractivity contribution in [1.82, 2.24) is 30.8 Å². The SMILES string of the molecule is N/C(=N\C1NC(=O)CC(CSc2nnnn2-c2ccccc2)N1)Nc1ccc2c(c1)OCCO2. The molecular weight excluding hydrogens is 458 g/mol. The number of aliphatic imine (C=N–C) groups is 1. The quantitative estimate of drug-likeness (QED) is 0.225. The number of amides is 1. The number of ether oxygens (including phenoxy) is 2. The van der Waals surface area contributed by atoms with Crippen LogP contribution in [0.5, 0.6) is 11.5 Å². The molecule has 2 aromatic carbocycles. The molecule has 0 aliphatic carbocycles. The van der Waals surface area contributed by atoms with Crippen molar-refractivity contribution < 1.29 is 14.3 Å². The molecule has 176 valence electrons. The maximum Gasteiger partial charge on any atom is 0.224 e. The number of carbonyl (C=O) groups is 1. The summed E-state index contributed by atoms with van der Waals surface area (Å²) in [6.45, 7) is 1.02. The summed E-state index contributed by atoms with van der Waals surface area (Å²) in [5, 5.41) is 21.7. The largest absolute Gasteiger partial charge is 0.486 e. The summed E-state index contributed by atoms with van der Waals surface area (Å²) in [5.74, 6) is 1.93. The van der Waals surface area contributed by atoms with Crippen LogP contribution in [0.4, 0.5) is 5.69 Å². The standard InChI is InChI=1S/C21H23N9O3S/c22-19(23-13-6-7-16-17(10-13)33-9-8-32-16)26-20-24-14(11-18(31)25-20)12-34-21-27-28-29-30(21)15-4-2-1-3-5-15/h1-7,10,14,20,24H,8-9,11-12H2,(H,25,31)(H3,22,23,26). The van der Waals surface area contributed by atoms with Gasteiger partial charge in [-0.05, 0) is 34.7 Å². The summed E-state index contributed by atoms with van der Waals surface area (Å²) in [5.41, 5.74) is 7.65. The summed E-state index contributed by atoms with van der Waals surface area (Å²) in [6.07, 6.45) is -0.358. The second kappa shape index (κ2) is 9.97. The number of benzene rings is 2. The van der Waals surface area contributed by atoms with Crippen LogP contribution < -0.4 is 31.2 Å². The molecule has 34 heavy (non-hydrogen) atoms. The molecule has 3 aromatic rings. The summed E-state index contributed by atoms with van der Waals surface area (Å²) in [4.78, 5) is 16.6. The number of fused-ring (bicyclic) bond motifs is 1. The Balaban J connectivity index is 1.20. The number of hydrogen-bond donors (Lipinski definition) is 4. The summed E-state index contributed by atoms with van der Waals surface area (Å²) < 4.78 is 12.8. The second-order valence-electron chi connectivity index (χ2n) is 7.56. The molecule has 2 aliphatic heterocycles. The highest BCUT2D eigenvalue weighted by molar-refractivity contribution is 7.99. The molecule has 2 aliphatic rings. The first-order valence-corrected chi connectivity index (χ1v) is 11.6. The Bertz CT molecular complexity index is 1190. The lowest BCUT2D eigenvalue weighted by Gasteiger charge is -2.29. The minimum atomic E-state index is -0.665. The van der Waals surface area contributed by atoms with E-state index < -0.39 is 6.29 Å². The van der Waals surface area contributed by atoms with Gasteiger partial charge in [-0.25, -0.2) is 4.99 Å². The number of nitrogens with two attached hydrogens (primary N) is 1. The van der Waals surface area contributed by atoms with E-state index in [1.54, 1.807) is 16.8 Å². The predicted molar refractivity (Wildman–Crippen MR) is 126 cm³/mol. The first kappa shape index (κ1) is 22.0. The molecule has 12 nitrogen and oxygen atoms in total. The van der Waals surface area contributed by atoms with Gasteiger partial charge < -0.3 is 25.8 Å². The minimum absolute atomic E-state index is 0.118. The Morgan fingerprint density at radius 3 is 2.88 bits per heavy atom. The molecule has 1 fully saturated rings. The monoisotopic (exact) mass is 481 g/mol. The van der Waals surface area contributed by atoms with Crippen LogP contribution >= 0.6 is 11.8 Å². The van der Waals surface area contributed by atoms with Crippen LogP contribution in [0.15, 0.2) is 58.7 Å². The highest BCUT2D eigenvalue weighted by atomic mass is 32.2. The summed E-state index contributed by atoms with van der Waals surface area (Å²) >= 11 is 1.46. The van der Waals surface area contributed by atoms with Gasteiger partial charge in [-0.1, -0.05) is 30.0 Å². The Labute approximate surface area is 199 Å². The molecule has 1 saturated heterocycles. The molecule has 0 radical (unpaired) electrons. The van der Waals surface area contributed by atoms with E-state index in [2.05, 4.69) is 36.5 Å². The fraction of sp³-hybridized carbons (Fsp3) is 0.286. The van der Waals surface area contributed by atoms with Crippen LogP contribution in [0.1, 0.15) is 6.42 Å². The topological polar surface area (TPSA) is 154 Å². The Hall–Kier alpha value is -3.84. The lowest BCUT2D eigenvalue weighted by molar-refractivity contribution is -0.124. The number of nitrogens with zero attached hydrogens (tertiary/aromatic N) is 5. The third kappa shape index (κ3) is 5.21. The number of rotatable bonds is 6. The highest BCUT2D eigenvalue weighted by Gasteiger charge is 2.26. The van der Waals surface area contributed by atoms with E-state index >= 15 is 0 Å². The summed E-state index contributed by atoms with van der Waals surface area (Å²) in [7, 11) is 0. The van der Waals surface area contributed by atoms with Crippen molar-refractivity contribution in [2.45, 2.75) is 23.9 Å². The Kier molecular flexibility index (Phi) is 6.44. The van der Waals surface area contributed by atoms with Crippen molar-refractivity contribution in [2.24, 2.45) is 10.7 Å². The second-order valence-corrected chi connectivity index (χ2v) is 8.54. The Morgan fingerprint density at radius 1 is 1.21 bits per heavy atom. The van der Waals surface area contributed by atoms with Crippen LogP contribution in [0.3, 0.4) is 0 Å². The van der Waals surface area contributed by atoms with Crippen LogP contribution in [0.25, 0.3) is 5.69 Å². The van der Waals surface area contributed by atoms with E-state index in [9.17, 15) is 4.79 Å². The molecule has 1 amide bonds. The number of hydrogen-bond acceptors (Lipinski definition) is 9. The van der Waals surface area contributed by atoms with Gasteiger partial charge >= 0.3 is 0 Å². The van der Waals surface area contributed by atoms with E-state index in [0.29, 0.717) is 47.7 Å². The van der Waals surface area contributed by atoms with Gasteiger partial charge in [0.25, 0.3) is 0 Å². The molecule has 5 N–H and O–H groups in total. The zero-order chi connectivity index (χ0) is 23.3. The van der Waals surface area contributed by atoms with Crippen LogP contribution in [-0.2, 0) is 4.79 Å². The van der Waals surface area contributed by atoms with E-state index in [1.807, 2.05) is 36.4 Å². The smallest absolute Gasteiger partial charge is 0.224 e. The number of aromatic nitrogens is 4. The fourth-order valence-corrected chi connectivity index (χ4v) is 4.47. The van der Waals surface area contributed by atoms with Gasteiger partial charge in [0.2, 0.25) is 11.1 Å². The number of thioether (sulfide) groups is 1. The average Bonchev–Trinajstić information content (AvgIpc) is 3.31. The van der Waals surface area contributed by atoms with E-state index in [0.717, 1.165) is 5.69 Å². The number of guanidine groups is 1. The zero-order valence-corrected chi connectivity index (χ0v) is 18.9. The molecule has 0 saturated carbocycles. The normalized spacial score (nSPS) is 20.0. The molecule has 13 heteroatoms. The molecule has 3 heterocycles. The average molecular weight is 482 g/mol. The van der Waals surface area contributed by atoms with Gasteiger partial charge in [-0.2, -0.15) is 4.68 Å². The Morgan fingerprint density at radius 2 is 2.03 bits per heavy atom. The molecule has 5 rings (SSSR count). The predicted octanol–water partition coefficient (Wildman–Crippen LogP) is 0.714. The molecule has 2 atom stereocenters. The van der Waals surface area contributed by atoms with Crippen molar-refractivity contribution in [3.05, 3.63) is 48.5 Å². The maximum absolute atomic E-state index is 12.3. The highest BCUT2D eigenvalue weighted by Crippen LogP contribution is 2.32. The van der Waals surface area contributed by atoms with E-state index in [4.69, 9.17) is 15.2 Å². The molecule has 0 bridgehead atoms. The van der Waals surface area contributed by atoms with Gasteiger partial charge in [0.15, 0.2) is 23.7 Å². The molecule has 2 unspecified atom stereocenters. The van der Waals surface area contributed by atoms with Gasteiger partial charge in [0, 0.05) is 30.0 Å². The van der Waals surface area contributed by atoms with Crippen molar-refractivity contribution >= 4 is 29.3 Å². The van der Waals surface area contributed by atoms with Crippen LogP contribution in [-0.4, -0.2) is 63.4 Å². The molecular formula is C21H23N9O3S. The minimum Gasteiger partial charge on any atom is -0.486 e. The maximum atomic E-state index is 12.3. The van der Waals surface area contributed by atoms with Gasteiger partial charge in [0.05, 0.1) is 5.69 Å². The zero-order valence-electron chi connectivity index (χ0n) is 18.0.